The molecule has 2 aromatic rings. The normalized spacial score (nSPS) is 17.0. The number of anilines is 1. The topological polar surface area (TPSA) is 53.9 Å². The van der Waals surface area contributed by atoms with Gasteiger partial charge in [-0.15, -0.1) is 11.3 Å². The van der Waals surface area contributed by atoms with E-state index in [1.54, 1.807) is 12.1 Å². The van der Waals surface area contributed by atoms with E-state index in [9.17, 15) is 14.0 Å². The second-order valence-corrected chi connectivity index (χ2v) is 8.35. The van der Waals surface area contributed by atoms with E-state index in [1.807, 2.05) is 4.90 Å². The summed E-state index contributed by atoms with van der Waals surface area (Å²) in [4.78, 5) is 30.3. The van der Waals surface area contributed by atoms with Crippen LogP contribution in [0.1, 0.15) is 37.6 Å². The van der Waals surface area contributed by atoms with Gasteiger partial charge in [0.2, 0.25) is 0 Å². The molecule has 0 unspecified atom stereocenters. The SMILES string of the molecule is C[NH+]1CCN(C(=O)c2c(NC(=O)c3ccccc3F)sc3c2CCC3)CC1. The monoisotopic (exact) mass is 388 g/mol. The molecular formula is C20H23FN3O2S+. The molecule has 1 fully saturated rings. The molecule has 5 nitrogen and oxygen atoms in total. The van der Waals surface area contributed by atoms with Crippen LogP contribution in [-0.2, 0) is 12.8 Å². The molecule has 0 radical (unpaired) electrons. The van der Waals surface area contributed by atoms with Crippen LogP contribution in [0.4, 0.5) is 9.39 Å². The number of nitrogens with one attached hydrogen (secondary N) is 2. The highest BCUT2D eigenvalue weighted by Crippen LogP contribution is 2.40. The van der Waals surface area contributed by atoms with Gasteiger partial charge < -0.3 is 15.1 Å². The number of carbonyl (C=O) groups is 2. The Morgan fingerprint density at radius 1 is 1.19 bits per heavy atom. The van der Waals surface area contributed by atoms with E-state index in [0.717, 1.165) is 51.0 Å². The first-order valence-corrected chi connectivity index (χ1v) is 10.2. The number of piperazine rings is 1. The fourth-order valence-electron chi connectivity index (χ4n) is 3.78. The number of likely N-dealkylation sites (N-methyl/N-ethyl adjacent to an activating group) is 1. The van der Waals surface area contributed by atoms with E-state index >= 15 is 0 Å². The molecule has 2 amide bonds. The summed E-state index contributed by atoms with van der Waals surface area (Å²) in [7, 11) is 2.13. The van der Waals surface area contributed by atoms with Crippen molar-refractivity contribution in [2.75, 3.05) is 38.5 Å². The minimum Gasteiger partial charge on any atom is -0.334 e. The van der Waals surface area contributed by atoms with E-state index in [0.29, 0.717) is 10.6 Å². The number of hydrogen-bond acceptors (Lipinski definition) is 3. The Balaban J connectivity index is 1.63. The molecule has 4 rings (SSSR count). The third kappa shape index (κ3) is 3.49. The Morgan fingerprint density at radius 3 is 2.67 bits per heavy atom. The summed E-state index contributed by atoms with van der Waals surface area (Å²) >= 11 is 1.46. The average Bonchev–Trinajstić information content (AvgIpc) is 3.23. The quantitative estimate of drug-likeness (QED) is 0.839. The number of carbonyl (C=O) groups excluding carboxylic acids is 2. The van der Waals surface area contributed by atoms with Crippen LogP contribution in [0.5, 0.6) is 0 Å². The fourth-order valence-corrected chi connectivity index (χ4v) is 5.06. The Bertz CT molecular complexity index is 887. The van der Waals surface area contributed by atoms with E-state index in [-0.39, 0.29) is 11.5 Å². The van der Waals surface area contributed by atoms with Crippen molar-refractivity contribution in [3.05, 3.63) is 51.7 Å². The molecule has 1 aromatic heterocycles. The standard InChI is InChI=1S/C20H22FN3O2S/c1-23-9-11-24(12-10-23)20(26)17-14-6-4-8-16(14)27-19(17)22-18(25)13-5-2-3-7-15(13)21/h2-3,5,7H,4,6,8-12H2,1H3,(H,22,25)/p+1. The van der Waals surface area contributed by atoms with Gasteiger partial charge in [-0.1, -0.05) is 12.1 Å². The highest BCUT2D eigenvalue weighted by molar-refractivity contribution is 7.17. The molecule has 2 heterocycles. The van der Waals surface area contributed by atoms with Crippen LogP contribution in [0.3, 0.4) is 0 Å². The Labute approximate surface area is 161 Å². The van der Waals surface area contributed by atoms with Crippen LogP contribution in [0.15, 0.2) is 24.3 Å². The molecule has 1 saturated heterocycles. The summed E-state index contributed by atoms with van der Waals surface area (Å²) in [6, 6.07) is 5.90. The van der Waals surface area contributed by atoms with Gasteiger partial charge >= 0.3 is 0 Å². The van der Waals surface area contributed by atoms with Crippen molar-refractivity contribution in [3.8, 4) is 0 Å². The average molecular weight is 388 g/mol. The van der Waals surface area contributed by atoms with Gasteiger partial charge in [-0.05, 0) is 37.0 Å². The van der Waals surface area contributed by atoms with Crippen molar-refractivity contribution in [1.82, 2.24) is 4.90 Å². The summed E-state index contributed by atoms with van der Waals surface area (Å²) in [6.45, 7) is 3.29. The number of amides is 2. The van der Waals surface area contributed by atoms with E-state index in [1.165, 1.54) is 33.2 Å². The number of quaternary nitrogens is 1. The van der Waals surface area contributed by atoms with Gasteiger partial charge in [0.15, 0.2) is 0 Å². The number of hydrogen-bond donors (Lipinski definition) is 2. The largest absolute Gasteiger partial charge is 0.334 e. The number of halogens is 1. The number of aryl methyl sites for hydroxylation is 1. The Kier molecular flexibility index (Phi) is 4.97. The van der Waals surface area contributed by atoms with Crippen molar-refractivity contribution in [1.29, 1.82) is 0 Å². The molecule has 27 heavy (non-hydrogen) atoms. The maximum absolute atomic E-state index is 14.0. The molecule has 0 atom stereocenters. The fraction of sp³-hybridized carbons (Fsp3) is 0.400. The number of benzene rings is 1. The lowest BCUT2D eigenvalue weighted by atomic mass is 10.1. The molecule has 1 aliphatic carbocycles. The Morgan fingerprint density at radius 2 is 1.93 bits per heavy atom. The van der Waals surface area contributed by atoms with Gasteiger partial charge in [-0.3, -0.25) is 9.59 Å². The summed E-state index contributed by atoms with van der Waals surface area (Å²) in [5, 5.41) is 3.37. The third-order valence-corrected chi connectivity index (χ3v) is 6.59. The molecule has 1 aromatic carbocycles. The summed E-state index contributed by atoms with van der Waals surface area (Å²) in [5.41, 5.74) is 1.68. The zero-order valence-corrected chi connectivity index (χ0v) is 16.1. The highest BCUT2D eigenvalue weighted by Gasteiger charge is 2.32. The van der Waals surface area contributed by atoms with Crippen LogP contribution in [0.25, 0.3) is 0 Å². The van der Waals surface area contributed by atoms with Crippen molar-refractivity contribution < 1.29 is 18.9 Å². The number of thiophene rings is 1. The predicted molar refractivity (Wildman–Crippen MR) is 103 cm³/mol. The van der Waals surface area contributed by atoms with Crippen LogP contribution in [0, 0.1) is 5.82 Å². The lowest BCUT2D eigenvalue weighted by Crippen LogP contribution is -3.12. The van der Waals surface area contributed by atoms with Gasteiger partial charge in [0.05, 0.1) is 44.4 Å². The number of fused-ring (bicyclic) bond motifs is 1. The van der Waals surface area contributed by atoms with Crippen molar-refractivity contribution >= 4 is 28.2 Å². The van der Waals surface area contributed by atoms with E-state index in [4.69, 9.17) is 0 Å². The molecule has 2 N–H and O–H groups in total. The molecule has 0 bridgehead atoms. The minimum absolute atomic E-state index is 0.00680. The smallest absolute Gasteiger partial charge is 0.259 e. The van der Waals surface area contributed by atoms with E-state index < -0.39 is 11.7 Å². The third-order valence-electron chi connectivity index (χ3n) is 5.38. The van der Waals surface area contributed by atoms with Gasteiger partial charge in [0, 0.05) is 4.88 Å². The van der Waals surface area contributed by atoms with Gasteiger partial charge in [0.1, 0.15) is 10.8 Å². The zero-order valence-electron chi connectivity index (χ0n) is 15.3. The number of nitrogens with zero attached hydrogens (tertiary/aromatic N) is 1. The molecule has 1 aliphatic heterocycles. The summed E-state index contributed by atoms with van der Waals surface area (Å²) in [5.74, 6) is -1.08. The van der Waals surface area contributed by atoms with Crippen LogP contribution in [-0.4, -0.2) is 49.9 Å². The van der Waals surface area contributed by atoms with Crippen LogP contribution >= 0.6 is 11.3 Å². The Hall–Kier alpha value is -2.25. The molecule has 0 saturated carbocycles. The lowest BCUT2D eigenvalue weighted by molar-refractivity contribution is -0.883. The molecule has 7 heteroatoms. The second kappa shape index (κ2) is 7.40. The lowest BCUT2D eigenvalue weighted by Gasteiger charge is -2.30. The van der Waals surface area contributed by atoms with Crippen molar-refractivity contribution in [3.63, 3.8) is 0 Å². The minimum atomic E-state index is -0.561. The van der Waals surface area contributed by atoms with Gasteiger partial charge in [0.25, 0.3) is 11.8 Å². The summed E-state index contributed by atoms with van der Waals surface area (Å²) < 4.78 is 14.0. The first-order chi connectivity index (χ1) is 13.0. The first kappa shape index (κ1) is 18.1. The van der Waals surface area contributed by atoms with Gasteiger partial charge in [-0.2, -0.15) is 0 Å². The first-order valence-electron chi connectivity index (χ1n) is 9.35. The maximum atomic E-state index is 14.0. The van der Waals surface area contributed by atoms with E-state index in [2.05, 4.69) is 12.4 Å². The maximum Gasteiger partial charge on any atom is 0.259 e. The zero-order chi connectivity index (χ0) is 19.0. The van der Waals surface area contributed by atoms with Crippen molar-refractivity contribution in [2.45, 2.75) is 19.3 Å². The van der Waals surface area contributed by atoms with Crippen LogP contribution < -0.4 is 10.2 Å². The number of rotatable bonds is 3. The molecule has 0 spiro atoms. The molecule has 142 valence electrons. The molecular weight excluding hydrogens is 365 g/mol. The highest BCUT2D eigenvalue weighted by atomic mass is 32.1. The summed E-state index contributed by atoms with van der Waals surface area (Å²) in [6.07, 6.45) is 2.83. The van der Waals surface area contributed by atoms with Crippen LogP contribution in [0.2, 0.25) is 0 Å². The predicted octanol–water partition coefficient (Wildman–Crippen LogP) is 1.60. The second-order valence-electron chi connectivity index (χ2n) is 7.24. The van der Waals surface area contributed by atoms with Crippen molar-refractivity contribution in [2.24, 2.45) is 0 Å². The van der Waals surface area contributed by atoms with Gasteiger partial charge in [-0.25, -0.2) is 4.39 Å². The molecule has 2 aliphatic rings.